The number of unbranched alkanes of at least 4 members (excludes halogenated alkanes) is 14. The van der Waals surface area contributed by atoms with Crippen LogP contribution in [0.1, 0.15) is 123 Å². The summed E-state index contributed by atoms with van der Waals surface area (Å²) in [4.78, 5) is 11.7. The Hall–Kier alpha value is -0.553. The number of carbonyl (C=O) groups is 1. The van der Waals surface area contributed by atoms with Crippen molar-refractivity contribution in [1.29, 1.82) is 0 Å². The molecule has 0 aromatic heterocycles. The van der Waals surface area contributed by atoms with Gasteiger partial charge >= 0.3 is 14.8 Å². The second kappa shape index (κ2) is 18.8. The number of quaternary nitrogens is 1. The number of carboxylic acids is 1. The number of rotatable bonds is 23. The zero-order valence-electron chi connectivity index (χ0n) is 25.3. The van der Waals surface area contributed by atoms with E-state index in [1.165, 1.54) is 103 Å². The van der Waals surface area contributed by atoms with Gasteiger partial charge < -0.3 is 33.1 Å². The van der Waals surface area contributed by atoms with Gasteiger partial charge in [-0.3, -0.25) is 0 Å². The number of fused-ring (bicyclic) bond motifs is 2. The largest absolute Gasteiger partial charge is 0.502 e. The fraction of sp³-hybridized carbons (Fsp3) is 0.967. The average molecular weight is 575 g/mol. The minimum atomic E-state index is -3.27. The zero-order chi connectivity index (χ0) is 28.6. The van der Waals surface area contributed by atoms with E-state index >= 15 is 0 Å². The third kappa shape index (κ3) is 12.5. The first-order chi connectivity index (χ1) is 18.8. The van der Waals surface area contributed by atoms with Gasteiger partial charge in [0.2, 0.25) is 0 Å². The highest BCUT2D eigenvalue weighted by molar-refractivity contribution is 6.61. The fourth-order valence-electron chi connectivity index (χ4n) is 6.08. The van der Waals surface area contributed by atoms with Crippen LogP contribution in [0.2, 0.25) is 6.04 Å². The van der Waals surface area contributed by atoms with Crippen LogP contribution in [0, 0.1) is 0 Å². The topological polar surface area (TPSA) is 105 Å². The molecule has 5 atom stereocenters. The molecule has 2 aliphatic rings. The van der Waals surface area contributed by atoms with E-state index in [1.807, 2.05) is 0 Å². The summed E-state index contributed by atoms with van der Waals surface area (Å²) < 4.78 is 18.6. The molecule has 0 aromatic rings. The van der Waals surface area contributed by atoms with Gasteiger partial charge in [0.25, 0.3) is 0 Å². The van der Waals surface area contributed by atoms with Crippen LogP contribution in [0.25, 0.3) is 0 Å². The highest BCUT2D eigenvalue weighted by Gasteiger charge is 2.59. The first-order valence-corrected chi connectivity index (χ1v) is 18.1. The Labute approximate surface area is 239 Å². The lowest BCUT2D eigenvalue weighted by Crippen LogP contribution is -2.70. The van der Waals surface area contributed by atoms with Crippen molar-refractivity contribution in [3.05, 3.63) is 0 Å². The first kappa shape index (κ1) is 34.6. The van der Waals surface area contributed by atoms with Gasteiger partial charge in [-0.1, -0.05) is 90.9 Å². The SMILES string of the molecule is CCCCCCCCCC[N+](C)(CCCCCCCCCC)CCC[Si]12OC[C@@H](O)[C@@H](O1)C(O)[C@H](C(=O)O)O2. The predicted octanol–water partition coefficient (Wildman–Crippen LogP) is 5.66. The van der Waals surface area contributed by atoms with Crippen LogP contribution >= 0.6 is 0 Å². The molecule has 8 nitrogen and oxygen atoms in total. The molecule has 0 radical (unpaired) electrons. The molecule has 0 amide bonds. The van der Waals surface area contributed by atoms with Crippen molar-refractivity contribution >= 4 is 14.8 Å². The number of hydrogen-bond donors (Lipinski definition) is 3. The Balaban J connectivity index is 1.85. The van der Waals surface area contributed by atoms with Gasteiger partial charge in [-0.2, -0.15) is 0 Å². The molecule has 2 saturated heterocycles. The Bertz CT molecular complexity index is 649. The summed E-state index contributed by atoms with van der Waals surface area (Å²) >= 11 is 0. The summed E-state index contributed by atoms with van der Waals surface area (Å²) in [6.45, 7) is 7.81. The minimum absolute atomic E-state index is 0.0168. The molecule has 9 heteroatoms. The highest BCUT2D eigenvalue weighted by atomic mass is 28.4. The van der Waals surface area contributed by atoms with Crippen LogP contribution in [0.4, 0.5) is 0 Å². The van der Waals surface area contributed by atoms with Crippen LogP contribution < -0.4 is 0 Å². The van der Waals surface area contributed by atoms with Crippen molar-refractivity contribution in [2.45, 2.75) is 153 Å². The van der Waals surface area contributed by atoms with Crippen LogP contribution in [0.15, 0.2) is 0 Å². The summed E-state index contributed by atoms with van der Waals surface area (Å²) in [6, 6.07) is 0.509. The average Bonchev–Trinajstić information content (AvgIpc) is 2.91. The zero-order valence-corrected chi connectivity index (χ0v) is 26.3. The van der Waals surface area contributed by atoms with E-state index in [9.17, 15) is 20.1 Å². The monoisotopic (exact) mass is 574 g/mol. The number of aliphatic carboxylic acids is 1. The molecule has 2 bridgehead atoms. The van der Waals surface area contributed by atoms with Crippen LogP contribution in [0.3, 0.4) is 0 Å². The van der Waals surface area contributed by atoms with E-state index in [1.54, 1.807) is 0 Å². The second-order valence-electron chi connectivity index (χ2n) is 12.4. The molecule has 230 valence electrons. The molecule has 3 N–H and O–H groups in total. The minimum Gasteiger partial charge on any atom is -0.479 e. The second-order valence-corrected chi connectivity index (χ2v) is 15.0. The van der Waals surface area contributed by atoms with E-state index in [2.05, 4.69) is 20.9 Å². The van der Waals surface area contributed by atoms with Gasteiger partial charge in [0.1, 0.15) is 18.3 Å². The van der Waals surface area contributed by atoms with E-state index in [0.717, 1.165) is 30.5 Å². The van der Waals surface area contributed by atoms with Gasteiger partial charge in [0.05, 0.1) is 33.3 Å². The van der Waals surface area contributed by atoms with E-state index < -0.39 is 39.2 Å². The van der Waals surface area contributed by atoms with Crippen LogP contribution in [-0.4, -0.2) is 92.3 Å². The van der Waals surface area contributed by atoms with Gasteiger partial charge in [0.15, 0.2) is 6.10 Å². The third-order valence-electron chi connectivity index (χ3n) is 8.65. The van der Waals surface area contributed by atoms with Crippen molar-refractivity contribution in [3.63, 3.8) is 0 Å². The lowest BCUT2D eigenvalue weighted by molar-refractivity contribution is -0.910. The number of nitrogens with zero attached hydrogens (tertiary/aromatic N) is 1. The molecule has 2 fully saturated rings. The fourth-order valence-corrected chi connectivity index (χ4v) is 9.00. The lowest BCUT2D eigenvalue weighted by atomic mass is 10.0. The predicted molar refractivity (Wildman–Crippen MR) is 157 cm³/mol. The maximum Gasteiger partial charge on any atom is 0.502 e. The quantitative estimate of drug-likeness (QED) is 0.0821. The van der Waals surface area contributed by atoms with E-state index in [4.69, 9.17) is 13.3 Å². The Morgan fingerprint density at radius 3 is 1.69 bits per heavy atom. The summed E-state index contributed by atoms with van der Waals surface area (Å²) in [7, 11) is -0.910. The third-order valence-corrected chi connectivity index (χ3v) is 11.5. The van der Waals surface area contributed by atoms with Gasteiger partial charge in [0, 0.05) is 12.5 Å². The van der Waals surface area contributed by atoms with Crippen molar-refractivity contribution in [1.82, 2.24) is 0 Å². The molecule has 2 unspecified atom stereocenters. The molecule has 0 aromatic carbocycles. The Morgan fingerprint density at radius 2 is 1.21 bits per heavy atom. The number of aliphatic hydroxyl groups excluding tert-OH is 2. The van der Waals surface area contributed by atoms with Crippen molar-refractivity contribution < 1.29 is 37.9 Å². The van der Waals surface area contributed by atoms with Gasteiger partial charge in [-0.15, -0.1) is 0 Å². The normalized spacial score (nSPS) is 27.1. The number of aliphatic hydroxyl groups is 2. The standard InChI is InChI=1S/C30H59NO7Si/c1-4-6-8-10-12-14-16-18-21-31(3,22-19-17-15-13-11-9-7-5-2)23-20-24-39-36-25-26(32)28(37-39)27(33)29(38-39)30(34)35/h26-29,32-33H,4-25H2,1-3H3/p+1/t26-,27?,28-,29-,39?/m1/s1. The summed E-state index contributed by atoms with van der Waals surface area (Å²) in [5.41, 5.74) is 0. The summed E-state index contributed by atoms with van der Waals surface area (Å²) in [5, 5.41) is 30.2. The van der Waals surface area contributed by atoms with E-state index in [-0.39, 0.29) is 6.61 Å². The lowest BCUT2D eigenvalue weighted by Gasteiger charge is -2.48. The molecule has 0 spiro atoms. The summed E-state index contributed by atoms with van der Waals surface area (Å²) in [5.74, 6) is -1.24. The van der Waals surface area contributed by atoms with Crippen LogP contribution in [-0.2, 0) is 18.1 Å². The molecular formula is C30H60NO7Si+. The molecule has 2 rings (SSSR count). The smallest absolute Gasteiger partial charge is 0.479 e. The van der Waals surface area contributed by atoms with Gasteiger partial charge in [-0.25, -0.2) is 4.79 Å². The molecule has 2 aliphatic heterocycles. The number of hydrogen-bond acceptors (Lipinski definition) is 6. The van der Waals surface area contributed by atoms with Crippen molar-refractivity contribution in [2.24, 2.45) is 0 Å². The molecule has 0 aliphatic carbocycles. The maximum absolute atomic E-state index is 11.7. The van der Waals surface area contributed by atoms with E-state index in [0.29, 0.717) is 6.04 Å². The van der Waals surface area contributed by atoms with Crippen LogP contribution in [0.5, 0.6) is 0 Å². The Kier molecular flexibility index (Phi) is 16.7. The molecule has 0 saturated carbocycles. The summed E-state index contributed by atoms with van der Waals surface area (Å²) in [6.07, 6.45) is 17.0. The first-order valence-electron chi connectivity index (χ1n) is 16.2. The van der Waals surface area contributed by atoms with Crippen molar-refractivity contribution in [3.8, 4) is 0 Å². The Morgan fingerprint density at radius 1 is 0.744 bits per heavy atom. The molecule has 39 heavy (non-hydrogen) atoms. The molecule has 2 heterocycles. The van der Waals surface area contributed by atoms with Crippen molar-refractivity contribution in [2.75, 3.05) is 33.3 Å². The molecular weight excluding hydrogens is 514 g/mol. The maximum atomic E-state index is 11.7. The number of carboxylic acid groups (broad SMARTS) is 1. The highest BCUT2D eigenvalue weighted by Crippen LogP contribution is 2.35. The van der Waals surface area contributed by atoms with Gasteiger partial charge in [-0.05, 0) is 25.7 Å².